The highest BCUT2D eigenvalue weighted by Crippen LogP contribution is 1.99. The number of carbonyl (C=O) groups is 2. The molecule has 0 radical (unpaired) electrons. The number of rotatable bonds is 10. The zero-order valence-corrected chi connectivity index (χ0v) is 12.7. The summed E-state index contributed by atoms with van der Waals surface area (Å²) in [4.78, 5) is 19.9. The number of hydrogen-bond acceptors (Lipinski definition) is 2. The average Bonchev–Trinajstić information content (AvgIpc) is 2.38. The van der Waals surface area contributed by atoms with Crippen LogP contribution in [0, 0.1) is 0 Å². The first-order chi connectivity index (χ1) is 9.54. The Bertz CT molecular complexity index is 263. The van der Waals surface area contributed by atoms with Gasteiger partial charge in [0.1, 0.15) is 0 Å². The van der Waals surface area contributed by atoms with Gasteiger partial charge in [0.2, 0.25) is 0 Å². The fourth-order valence-electron chi connectivity index (χ4n) is 1.39. The van der Waals surface area contributed by atoms with Crippen LogP contribution >= 0.6 is 0 Å². The van der Waals surface area contributed by atoms with Gasteiger partial charge in [-0.1, -0.05) is 51.7 Å². The smallest absolute Gasteiger partial charge is 0.327 e. The van der Waals surface area contributed by atoms with Crippen LogP contribution in [0.4, 0.5) is 0 Å². The van der Waals surface area contributed by atoms with Crippen molar-refractivity contribution in [2.45, 2.75) is 65.2 Å². The first-order valence-corrected chi connectivity index (χ1v) is 7.33. The largest absolute Gasteiger partial charge is 0.478 e. The van der Waals surface area contributed by atoms with Crippen LogP contribution in [0.15, 0.2) is 24.3 Å². The van der Waals surface area contributed by atoms with Crippen molar-refractivity contribution in [3.63, 3.8) is 0 Å². The van der Waals surface area contributed by atoms with Crippen LogP contribution in [0.3, 0.4) is 0 Å². The molecule has 4 heteroatoms. The van der Waals surface area contributed by atoms with Crippen LogP contribution < -0.4 is 0 Å². The molecule has 0 rings (SSSR count). The van der Waals surface area contributed by atoms with Gasteiger partial charge in [-0.15, -0.1) is 0 Å². The lowest BCUT2D eigenvalue weighted by Gasteiger charge is -1.89. The van der Waals surface area contributed by atoms with E-state index in [1.54, 1.807) is 12.2 Å². The van der Waals surface area contributed by atoms with Crippen molar-refractivity contribution >= 4 is 11.9 Å². The summed E-state index contributed by atoms with van der Waals surface area (Å²) in [5.41, 5.74) is 0. The van der Waals surface area contributed by atoms with Gasteiger partial charge in [0, 0.05) is 12.2 Å². The maximum atomic E-state index is 9.95. The lowest BCUT2D eigenvalue weighted by molar-refractivity contribution is -0.132. The summed E-state index contributed by atoms with van der Waals surface area (Å²) in [6.07, 6.45) is 14.5. The molecule has 0 unspecified atom stereocenters. The molecule has 0 heterocycles. The average molecular weight is 284 g/mol. The summed E-state index contributed by atoms with van der Waals surface area (Å²) in [6.45, 7) is 4.25. The molecule has 4 nitrogen and oxygen atoms in total. The Balaban J connectivity index is 0. The molecule has 0 aliphatic carbocycles. The van der Waals surface area contributed by atoms with Crippen LogP contribution in [-0.2, 0) is 9.59 Å². The number of hydrogen-bond donors (Lipinski definition) is 2. The van der Waals surface area contributed by atoms with E-state index in [1.807, 2.05) is 0 Å². The van der Waals surface area contributed by atoms with E-state index in [1.165, 1.54) is 37.8 Å². The molecule has 0 aromatic carbocycles. The first kappa shape index (κ1) is 20.7. The zero-order valence-electron chi connectivity index (χ0n) is 12.7. The standard InChI is InChI=1S/2C8H14O2/c2*1-2-3-4-5-6-7-8(9)10/h2*6-7H,2-5H2,1H3,(H,9,10)/b2*7-6+. The molecule has 2 N–H and O–H groups in total. The van der Waals surface area contributed by atoms with Gasteiger partial charge >= 0.3 is 11.9 Å². The lowest BCUT2D eigenvalue weighted by atomic mass is 10.2. The van der Waals surface area contributed by atoms with E-state index in [9.17, 15) is 9.59 Å². The fourth-order valence-corrected chi connectivity index (χ4v) is 1.39. The minimum atomic E-state index is -0.850. The lowest BCUT2D eigenvalue weighted by Crippen LogP contribution is -1.85. The summed E-state index contributed by atoms with van der Waals surface area (Å²) in [5.74, 6) is -1.70. The summed E-state index contributed by atoms with van der Waals surface area (Å²) in [7, 11) is 0. The van der Waals surface area contributed by atoms with Gasteiger partial charge in [-0.05, 0) is 25.7 Å². The molecule has 0 atom stereocenters. The van der Waals surface area contributed by atoms with Crippen molar-refractivity contribution in [1.29, 1.82) is 0 Å². The van der Waals surface area contributed by atoms with E-state index < -0.39 is 11.9 Å². The minimum absolute atomic E-state index is 0.850. The van der Waals surface area contributed by atoms with Gasteiger partial charge in [0.25, 0.3) is 0 Å². The molecule has 116 valence electrons. The molecular formula is C16H28O4. The quantitative estimate of drug-likeness (QED) is 0.460. The third-order valence-electron chi connectivity index (χ3n) is 2.47. The highest BCUT2D eigenvalue weighted by atomic mass is 16.4. The van der Waals surface area contributed by atoms with E-state index in [2.05, 4.69) is 13.8 Å². The summed E-state index contributed by atoms with van der Waals surface area (Å²) < 4.78 is 0. The SMILES string of the molecule is CCCCC/C=C/C(=O)O.CCCCC/C=C/C(=O)O. The topological polar surface area (TPSA) is 74.6 Å². The summed E-state index contributed by atoms with van der Waals surface area (Å²) in [6, 6.07) is 0. The van der Waals surface area contributed by atoms with Crippen LogP contribution in [0.2, 0.25) is 0 Å². The van der Waals surface area contributed by atoms with Crippen molar-refractivity contribution in [1.82, 2.24) is 0 Å². The Morgan fingerprint density at radius 2 is 1.10 bits per heavy atom. The van der Waals surface area contributed by atoms with Gasteiger partial charge in [0.15, 0.2) is 0 Å². The highest BCUT2D eigenvalue weighted by Gasteiger charge is 1.85. The van der Waals surface area contributed by atoms with Crippen molar-refractivity contribution in [3.8, 4) is 0 Å². The minimum Gasteiger partial charge on any atom is -0.478 e. The first-order valence-electron chi connectivity index (χ1n) is 7.33. The number of carboxylic acid groups (broad SMARTS) is 2. The maximum absolute atomic E-state index is 9.95. The molecule has 0 aromatic rings. The van der Waals surface area contributed by atoms with Gasteiger partial charge in [0.05, 0.1) is 0 Å². The number of aliphatic carboxylic acids is 2. The third-order valence-corrected chi connectivity index (χ3v) is 2.47. The molecule has 0 saturated carbocycles. The monoisotopic (exact) mass is 284 g/mol. The normalized spacial score (nSPS) is 10.5. The van der Waals surface area contributed by atoms with Gasteiger partial charge in [-0.3, -0.25) is 0 Å². The van der Waals surface area contributed by atoms with Crippen molar-refractivity contribution in [2.75, 3.05) is 0 Å². The number of carboxylic acids is 2. The van der Waals surface area contributed by atoms with Crippen molar-refractivity contribution < 1.29 is 19.8 Å². The van der Waals surface area contributed by atoms with E-state index in [-0.39, 0.29) is 0 Å². The van der Waals surface area contributed by atoms with Gasteiger partial charge in [-0.2, -0.15) is 0 Å². The van der Waals surface area contributed by atoms with Gasteiger partial charge in [-0.25, -0.2) is 9.59 Å². The van der Waals surface area contributed by atoms with Crippen LogP contribution in [0.1, 0.15) is 65.2 Å². The molecule has 0 aromatic heterocycles. The van der Waals surface area contributed by atoms with Crippen LogP contribution in [0.25, 0.3) is 0 Å². The van der Waals surface area contributed by atoms with E-state index in [0.717, 1.165) is 25.7 Å². The van der Waals surface area contributed by atoms with Crippen molar-refractivity contribution in [3.05, 3.63) is 24.3 Å². The molecule has 20 heavy (non-hydrogen) atoms. The fraction of sp³-hybridized carbons (Fsp3) is 0.625. The maximum Gasteiger partial charge on any atom is 0.327 e. The molecule has 0 fully saturated rings. The highest BCUT2D eigenvalue weighted by molar-refractivity contribution is 5.79. The van der Waals surface area contributed by atoms with E-state index in [4.69, 9.17) is 10.2 Å². The second-order valence-electron chi connectivity index (χ2n) is 4.47. The Hall–Kier alpha value is -1.58. The molecule has 0 aliphatic heterocycles. The third kappa shape index (κ3) is 25.3. The molecule has 0 amide bonds. The zero-order chi connectivity index (χ0) is 15.6. The molecule has 0 bridgehead atoms. The Morgan fingerprint density at radius 3 is 1.35 bits per heavy atom. The number of unbranched alkanes of at least 4 members (excludes halogenated alkanes) is 6. The molecule has 0 spiro atoms. The second-order valence-corrected chi connectivity index (χ2v) is 4.47. The predicted octanol–water partition coefficient (Wildman–Crippen LogP) is 4.42. The molecule has 0 aliphatic rings. The van der Waals surface area contributed by atoms with Crippen LogP contribution in [0.5, 0.6) is 0 Å². The van der Waals surface area contributed by atoms with Crippen LogP contribution in [-0.4, -0.2) is 22.2 Å². The Labute approximate surface area is 122 Å². The molecule has 0 saturated heterocycles. The van der Waals surface area contributed by atoms with Gasteiger partial charge < -0.3 is 10.2 Å². The Morgan fingerprint density at radius 1 is 0.750 bits per heavy atom. The Kier molecular flexibility index (Phi) is 18.1. The van der Waals surface area contributed by atoms with E-state index >= 15 is 0 Å². The summed E-state index contributed by atoms with van der Waals surface area (Å²) >= 11 is 0. The van der Waals surface area contributed by atoms with Crippen molar-refractivity contribution in [2.24, 2.45) is 0 Å². The number of allylic oxidation sites excluding steroid dienone is 2. The molecular weight excluding hydrogens is 256 g/mol. The van der Waals surface area contributed by atoms with E-state index in [0.29, 0.717) is 0 Å². The second kappa shape index (κ2) is 17.4. The summed E-state index contributed by atoms with van der Waals surface area (Å²) in [5, 5.41) is 16.4. The predicted molar refractivity (Wildman–Crippen MR) is 81.8 cm³/mol.